The standard InChI is InChI=1S/C31H35N7O5/c1-20-24(21(2)43-35-20)8-9-28(39)36-12-4-10-32-29(40)26-18-38(30(41)27-19-37-13-5-11-33-31(37)34-27)17-25(26)22-6-3-7-23(16-22)42-15-14-36/h3,5-7,11,13,16,19,25-26H,4,8-10,12,14-15,17-18H2,1-2H3,(H,32,40)/t25-,26+/m1/s1. The molecule has 4 aromatic rings. The van der Waals surface area contributed by atoms with Crippen LogP contribution in [-0.4, -0.2) is 86.4 Å². The third-order valence-electron chi connectivity index (χ3n) is 8.34. The molecule has 43 heavy (non-hydrogen) atoms. The van der Waals surface area contributed by atoms with Gasteiger partial charge in [0.25, 0.3) is 5.91 Å². The first-order valence-electron chi connectivity index (χ1n) is 14.7. The van der Waals surface area contributed by atoms with Crippen molar-refractivity contribution in [2.24, 2.45) is 5.92 Å². The largest absolute Gasteiger partial charge is 0.492 e. The topological polar surface area (TPSA) is 135 Å². The smallest absolute Gasteiger partial charge is 0.274 e. The van der Waals surface area contributed by atoms with Gasteiger partial charge in [-0.3, -0.25) is 18.8 Å². The number of hydrogen-bond acceptors (Lipinski definition) is 8. The number of nitrogens with one attached hydrogen (secondary N) is 1. The summed E-state index contributed by atoms with van der Waals surface area (Å²) in [5.41, 5.74) is 2.99. The average molecular weight is 586 g/mol. The summed E-state index contributed by atoms with van der Waals surface area (Å²) in [6, 6.07) is 9.45. The van der Waals surface area contributed by atoms with Gasteiger partial charge >= 0.3 is 0 Å². The van der Waals surface area contributed by atoms with Crippen molar-refractivity contribution in [2.75, 3.05) is 39.3 Å². The molecule has 5 heterocycles. The number of fused-ring (bicyclic) bond motifs is 5. The molecule has 3 amide bonds. The van der Waals surface area contributed by atoms with Crippen LogP contribution in [0.25, 0.3) is 5.78 Å². The molecule has 1 fully saturated rings. The number of imidazole rings is 1. The van der Waals surface area contributed by atoms with Crippen molar-refractivity contribution in [3.05, 3.63) is 77.2 Å². The molecule has 2 atom stereocenters. The maximum atomic E-state index is 13.5. The van der Waals surface area contributed by atoms with E-state index in [0.717, 1.165) is 22.6 Å². The molecular weight excluding hydrogens is 550 g/mol. The Kier molecular flexibility index (Phi) is 8.08. The lowest BCUT2D eigenvalue weighted by Crippen LogP contribution is -2.39. The number of hydrogen-bond donors (Lipinski definition) is 1. The number of carbonyl (C=O) groups excluding carboxylic acids is 3. The number of rotatable bonds is 4. The molecule has 6 rings (SSSR count). The number of aryl methyl sites for hydroxylation is 2. The van der Waals surface area contributed by atoms with Gasteiger partial charge in [0.2, 0.25) is 17.6 Å². The van der Waals surface area contributed by atoms with E-state index in [1.807, 2.05) is 38.1 Å². The molecule has 0 spiro atoms. The van der Waals surface area contributed by atoms with Crippen LogP contribution in [0.5, 0.6) is 5.75 Å². The van der Waals surface area contributed by atoms with E-state index in [0.29, 0.717) is 69.3 Å². The highest BCUT2D eigenvalue weighted by atomic mass is 16.5. The van der Waals surface area contributed by atoms with Crippen molar-refractivity contribution in [1.82, 2.24) is 34.6 Å². The predicted octanol–water partition coefficient (Wildman–Crippen LogP) is 2.55. The Balaban J connectivity index is 1.16. The van der Waals surface area contributed by atoms with Crippen molar-refractivity contribution in [3.63, 3.8) is 0 Å². The molecule has 1 saturated heterocycles. The quantitative estimate of drug-likeness (QED) is 0.386. The molecule has 2 aliphatic heterocycles. The van der Waals surface area contributed by atoms with E-state index >= 15 is 0 Å². The Labute approximate surface area is 249 Å². The zero-order valence-corrected chi connectivity index (χ0v) is 24.4. The Morgan fingerprint density at radius 2 is 1.95 bits per heavy atom. The molecule has 1 N–H and O–H groups in total. The molecular formula is C31H35N7O5. The minimum absolute atomic E-state index is 0.0166. The van der Waals surface area contributed by atoms with Crippen molar-refractivity contribution >= 4 is 23.5 Å². The van der Waals surface area contributed by atoms with Gasteiger partial charge in [-0.25, -0.2) is 9.97 Å². The van der Waals surface area contributed by atoms with Crippen LogP contribution in [0, 0.1) is 19.8 Å². The lowest BCUT2D eigenvalue weighted by Gasteiger charge is -2.24. The summed E-state index contributed by atoms with van der Waals surface area (Å²) in [6.07, 6.45) is 6.58. The second kappa shape index (κ2) is 12.2. The lowest BCUT2D eigenvalue weighted by molar-refractivity contribution is -0.131. The fourth-order valence-corrected chi connectivity index (χ4v) is 6.00. The third-order valence-corrected chi connectivity index (χ3v) is 8.34. The molecule has 3 aromatic heterocycles. The molecule has 2 bridgehead atoms. The highest BCUT2D eigenvalue weighted by Crippen LogP contribution is 2.35. The first kappa shape index (κ1) is 28.4. The van der Waals surface area contributed by atoms with Crippen LogP contribution in [0.4, 0.5) is 0 Å². The van der Waals surface area contributed by atoms with Crippen molar-refractivity contribution in [1.29, 1.82) is 0 Å². The van der Waals surface area contributed by atoms with E-state index < -0.39 is 5.92 Å². The molecule has 2 aliphatic rings. The second-order valence-electron chi connectivity index (χ2n) is 11.1. The Morgan fingerprint density at radius 1 is 1.09 bits per heavy atom. The van der Waals surface area contributed by atoms with Gasteiger partial charge < -0.3 is 24.4 Å². The van der Waals surface area contributed by atoms with Gasteiger partial charge in [-0.2, -0.15) is 0 Å². The fraction of sp³-hybridized carbons (Fsp3) is 0.419. The van der Waals surface area contributed by atoms with Crippen LogP contribution in [0.1, 0.15) is 51.8 Å². The van der Waals surface area contributed by atoms with E-state index in [1.165, 1.54) is 0 Å². The van der Waals surface area contributed by atoms with E-state index in [-0.39, 0.29) is 30.2 Å². The fourth-order valence-electron chi connectivity index (χ4n) is 6.00. The highest BCUT2D eigenvalue weighted by Gasteiger charge is 2.41. The maximum Gasteiger partial charge on any atom is 0.274 e. The van der Waals surface area contributed by atoms with Crippen molar-refractivity contribution < 1.29 is 23.6 Å². The number of aromatic nitrogens is 4. The number of likely N-dealkylation sites (tertiary alicyclic amines) is 1. The number of amides is 3. The SMILES string of the molecule is Cc1noc(C)c1CCC(=O)N1CCCNC(=O)[C@H]2CN(C(=O)c3cn4cccnc4n3)C[C@@H]2c2cccc(c2)OCC1. The van der Waals surface area contributed by atoms with Crippen LogP contribution >= 0.6 is 0 Å². The minimum atomic E-state index is -0.440. The Hall–Kier alpha value is -4.74. The molecule has 12 heteroatoms. The van der Waals surface area contributed by atoms with Crippen LogP contribution in [-0.2, 0) is 16.0 Å². The number of ether oxygens (including phenoxy) is 1. The number of carbonyl (C=O) groups is 3. The van der Waals surface area contributed by atoms with Gasteiger partial charge in [0, 0.05) is 62.7 Å². The maximum absolute atomic E-state index is 13.5. The second-order valence-corrected chi connectivity index (χ2v) is 11.1. The zero-order valence-electron chi connectivity index (χ0n) is 24.4. The molecule has 0 unspecified atom stereocenters. The summed E-state index contributed by atoms with van der Waals surface area (Å²) in [4.78, 5) is 52.3. The molecule has 224 valence electrons. The van der Waals surface area contributed by atoms with Gasteiger partial charge in [0.15, 0.2) is 0 Å². The zero-order chi connectivity index (χ0) is 29.9. The van der Waals surface area contributed by atoms with Gasteiger partial charge in [-0.15, -0.1) is 0 Å². The van der Waals surface area contributed by atoms with Crippen LogP contribution in [0.3, 0.4) is 0 Å². The molecule has 0 saturated carbocycles. The lowest BCUT2D eigenvalue weighted by atomic mass is 9.88. The van der Waals surface area contributed by atoms with Crippen LogP contribution < -0.4 is 10.1 Å². The molecule has 0 aliphatic carbocycles. The summed E-state index contributed by atoms with van der Waals surface area (Å²) >= 11 is 0. The van der Waals surface area contributed by atoms with E-state index in [9.17, 15) is 14.4 Å². The summed E-state index contributed by atoms with van der Waals surface area (Å²) in [5, 5.41) is 7.05. The van der Waals surface area contributed by atoms with Crippen molar-refractivity contribution in [2.45, 2.75) is 39.0 Å². The van der Waals surface area contributed by atoms with Gasteiger partial charge in [0.05, 0.1) is 18.2 Å². The predicted molar refractivity (Wildman–Crippen MR) is 156 cm³/mol. The first-order chi connectivity index (χ1) is 20.9. The van der Waals surface area contributed by atoms with Crippen LogP contribution in [0.2, 0.25) is 0 Å². The number of nitrogens with zero attached hydrogens (tertiary/aromatic N) is 6. The Bertz CT molecular complexity index is 1590. The molecule has 12 nitrogen and oxygen atoms in total. The third kappa shape index (κ3) is 6.08. The number of benzene rings is 1. The first-order valence-corrected chi connectivity index (χ1v) is 14.7. The van der Waals surface area contributed by atoms with E-state index in [4.69, 9.17) is 9.26 Å². The normalized spacial score (nSPS) is 19.4. The van der Waals surface area contributed by atoms with Crippen molar-refractivity contribution in [3.8, 4) is 5.75 Å². The summed E-state index contributed by atoms with van der Waals surface area (Å²) < 4.78 is 13.0. The average Bonchev–Trinajstić information content (AvgIpc) is 3.73. The van der Waals surface area contributed by atoms with E-state index in [1.54, 1.807) is 38.9 Å². The summed E-state index contributed by atoms with van der Waals surface area (Å²) in [7, 11) is 0. The van der Waals surface area contributed by atoms with Gasteiger partial charge in [-0.1, -0.05) is 17.3 Å². The highest BCUT2D eigenvalue weighted by molar-refractivity contribution is 5.94. The summed E-state index contributed by atoms with van der Waals surface area (Å²) in [5.74, 6) is 0.869. The monoisotopic (exact) mass is 585 g/mol. The van der Waals surface area contributed by atoms with Gasteiger partial charge in [0.1, 0.15) is 23.8 Å². The molecule has 1 aromatic carbocycles. The van der Waals surface area contributed by atoms with Gasteiger partial charge in [-0.05, 0) is 50.5 Å². The minimum Gasteiger partial charge on any atom is -0.492 e. The van der Waals surface area contributed by atoms with Crippen LogP contribution in [0.15, 0.2) is 53.4 Å². The Morgan fingerprint density at radius 3 is 2.77 bits per heavy atom. The molecule has 0 radical (unpaired) electrons. The summed E-state index contributed by atoms with van der Waals surface area (Å²) in [6.45, 7) is 6.07. The van der Waals surface area contributed by atoms with E-state index in [2.05, 4.69) is 20.4 Å².